The summed E-state index contributed by atoms with van der Waals surface area (Å²) in [5.74, 6) is 0.386. The van der Waals surface area contributed by atoms with Gasteiger partial charge in [0.2, 0.25) is 0 Å². The molecule has 1 fully saturated rings. The summed E-state index contributed by atoms with van der Waals surface area (Å²) in [6, 6.07) is 5.83. The highest BCUT2D eigenvalue weighted by Crippen LogP contribution is 2.38. The molecule has 0 aliphatic carbocycles. The summed E-state index contributed by atoms with van der Waals surface area (Å²) in [6.07, 6.45) is 1.07. The maximum Gasteiger partial charge on any atom is 0.0880 e. The van der Waals surface area contributed by atoms with Crippen molar-refractivity contribution in [2.45, 2.75) is 12.5 Å². The third-order valence-corrected chi connectivity index (χ3v) is 3.62. The van der Waals surface area contributed by atoms with Gasteiger partial charge >= 0.3 is 0 Å². The Morgan fingerprint density at radius 2 is 2.33 bits per heavy atom. The standard InChI is InChI=1S/C11H13BrClNO/c12-8-1-2-10(13)9(5-8)11-7(6-14)3-4-15-11/h1-2,5,7,11H,3-4,6,14H2. The molecule has 0 aromatic heterocycles. The normalized spacial score (nSPS) is 25.8. The first-order chi connectivity index (χ1) is 7.22. The van der Waals surface area contributed by atoms with Gasteiger partial charge in [0.15, 0.2) is 0 Å². The van der Waals surface area contributed by atoms with E-state index >= 15 is 0 Å². The van der Waals surface area contributed by atoms with Gasteiger partial charge in [-0.15, -0.1) is 0 Å². The van der Waals surface area contributed by atoms with Crippen molar-refractivity contribution in [1.82, 2.24) is 0 Å². The van der Waals surface area contributed by atoms with Gasteiger partial charge in [0, 0.05) is 27.6 Å². The Labute approximate surface area is 103 Å². The van der Waals surface area contributed by atoms with E-state index in [-0.39, 0.29) is 6.10 Å². The maximum absolute atomic E-state index is 6.16. The minimum Gasteiger partial charge on any atom is -0.373 e. The summed E-state index contributed by atoms with van der Waals surface area (Å²) in [4.78, 5) is 0. The molecule has 0 bridgehead atoms. The molecular formula is C11H13BrClNO. The minimum atomic E-state index is 0.0556. The molecule has 1 heterocycles. The van der Waals surface area contributed by atoms with Gasteiger partial charge in [0.1, 0.15) is 0 Å². The molecule has 2 nitrogen and oxygen atoms in total. The van der Waals surface area contributed by atoms with Gasteiger partial charge < -0.3 is 10.5 Å². The first-order valence-electron chi connectivity index (χ1n) is 4.99. The lowest BCUT2D eigenvalue weighted by Crippen LogP contribution is -2.18. The molecule has 82 valence electrons. The summed E-state index contributed by atoms with van der Waals surface area (Å²) < 4.78 is 6.71. The van der Waals surface area contributed by atoms with Gasteiger partial charge in [-0.3, -0.25) is 0 Å². The largest absolute Gasteiger partial charge is 0.373 e. The summed E-state index contributed by atoms with van der Waals surface area (Å²) in [5.41, 5.74) is 6.76. The van der Waals surface area contributed by atoms with Gasteiger partial charge in [0.25, 0.3) is 0 Å². The maximum atomic E-state index is 6.16. The van der Waals surface area contributed by atoms with Gasteiger partial charge in [-0.2, -0.15) is 0 Å². The predicted molar refractivity (Wildman–Crippen MR) is 65.0 cm³/mol. The molecule has 1 aliphatic heterocycles. The Bertz CT molecular complexity index is 358. The van der Waals surface area contributed by atoms with E-state index < -0.39 is 0 Å². The highest BCUT2D eigenvalue weighted by molar-refractivity contribution is 9.10. The van der Waals surface area contributed by atoms with Gasteiger partial charge in [0.05, 0.1) is 6.10 Å². The van der Waals surface area contributed by atoms with Crippen LogP contribution in [-0.2, 0) is 4.74 Å². The second kappa shape index (κ2) is 4.83. The van der Waals surface area contributed by atoms with Crippen molar-refractivity contribution in [3.05, 3.63) is 33.3 Å². The molecule has 2 N–H and O–H groups in total. The van der Waals surface area contributed by atoms with Crippen LogP contribution in [0.15, 0.2) is 22.7 Å². The Balaban J connectivity index is 2.31. The second-order valence-corrected chi connectivity index (χ2v) is 5.06. The van der Waals surface area contributed by atoms with Crippen LogP contribution < -0.4 is 5.73 Å². The van der Waals surface area contributed by atoms with Gasteiger partial charge in [-0.1, -0.05) is 27.5 Å². The number of ether oxygens (including phenoxy) is 1. The number of halogens is 2. The zero-order valence-electron chi connectivity index (χ0n) is 8.25. The third-order valence-electron chi connectivity index (χ3n) is 2.78. The van der Waals surface area contributed by atoms with Crippen molar-refractivity contribution in [1.29, 1.82) is 0 Å². The summed E-state index contributed by atoms with van der Waals surface area (Å²) >= 11 is 9.60. The van der Waals surface area contributed by atoms with E-state index in [0.29, 0.717) is 12.5 Å². The fourth-order valence-electron chi connectivity index (χ4n) is 1.95. The average molecular weight is 291 g/mol. The lowest BCUT2D eigenvalue weighted by Gasteiger charge is -2.18. The van der Waals surface area contributed by atoms with Gasteiger partial charge in [-0.25, -0.2) is 0 Å². The van der Waals surface area contributed by atoms with Crippen molar-refractivity contribution < 1.29 is 4.74 Å². The molecule has 2 atom stereocenters. The van der Waals surface area contributed by atoms with Crippen LogP contribution in [0.4, 0.5) is 0 Å². The monoisotopic (exact) mass is 289 g/mol. The topological polar surface area (TPSA) is 35.2 Å². The molecule has 0 saturated carbocycles. The summed E-state index contributed by atoms with van der Waals surface area (Å²) in [6.45, 7) is 1.42. The number of rotatable bonds is 2. The van der Waals surface area contributed by atoms with Crippen LogP contribution in [0.25, 0.3) is 0 Å². The lowest BCUT2D eigenvalue weighted by molar-refractivity contribution is 0.0925. The fraction of sp³-hybridized carbons (Fsp3) is 0.455. The molecule has 0 amide bonds. The van der Waals surface area contributed by atoms with Crippen LogP contribution in [-0.4, -0.2) is 13.2 Å². The second-order valence-electron chi connectivity index (χ2n) is 3.74. The SMILES string of the molecule is NCC1CCOC1c1cc(Br)ccc1Cl. The first kappa shape index (κ1) is 11.4. The van der Waals surface area contributed by atoms with E-state index in [2.05, 4.69) is 15.9 Å². The van der Waals surface area contributed by atoms with Crippen LogP contribution >= 0.6 is 27.5 Å². The van der Waals surface area contributed by atoms with Crippen LogP contribution in [0.5, 0.6) is 0 Å². The van der Waals surface area contributed by atoms with E-state index in [0.717, 1.165) is 28.1 Å². The van der Waals surface area contributed by atoms with E-state index in [1.165, 1.54) is 0 Å². The molecule has 15 heavy (non-hydrogen) atoms. The molecule has 2 rings (SSSR count). The fourth-order valence-corrected chi connectivity index (χ4v) is 2.56. The van der Waals surface area contributed by atoms with E-state index in [1.807, 2.05) is 18.2 Å². The molecule has 1 aromatic carbocycles. The minimum absolute atomic E-state index is 0.0556. The highest BCUT2D eigenvalue weighted by Gasteiger charge is 2.29. The van der Waals surface area contributed by atoms with Crippen LogP contribution in [0, 0.1) is 5.92 Å². The van der Waals surface area contributed by atoms with Crippen molar-refractivity contribution in [3.8, 4) is 0 Å². The molecule has 1 aromatic rings. The molecule has 0 spiro atoms. The van der Waals surface area contributed by atoms with E-state index in [9.17, 15) is 0 Å². The van der Waals surface area contributed by atoms with Crippen molar-refractivity contribution in [3.63, 3.8) is 0 Å². The molecule has 0 radical (unpaired) electrons. The number of hydrogen-bond donors (Lipinski definition) is 1. The first-order valence-corrected chi connectivity index (χ1v) is 6.16. The van der Waals surface area contributed by atoms with Crippen LogP contribution in [0.2, 0.25) is 5.02 Å². The Hall–Kier alpha value is -0.0900. The molecule has 1 saturated heterocycles. The number of benzene rings is 1. The zero-order chi connectivity index (χ0) is 10.8. The predicted octanol–water partition coefficient (Wildman–Crippen LogP) is 3.14. The number of nitrogens with two attached hydrogens (primary N) is 1. The third kappa shape index (κ3) is 2.36. The van der Waals surface area contributed by atoms with Crippen molar-refractivity contribution >= 4 is 27.5 Å². The molecular weight excluding hydrogens is 277 g/mol. The van der Waals surface area contributed by atoms with E-state index in [4.69, 9.17) is 22.1 Å². The summed E-state index contributed by atoms with van der Waals surface area (Å²) in [7, 11) is 0. The molecule has 2 unspecified atom stereocenters. The van der Waals surface area contributed by atoms with Crippen LogP contribution in [0.3, 0.4) is 0 Å². The average Bonchev–Trinajstić information content (AvgIpc) is 2.69. The Morgan fingerprint density at radius 1 is 1.53 bits per heavy atom. The van der Waals surface area contributed by atoms with E-state index in [1.54, 1.807) is 0 Å². The van der Waals surface area contributed by atoms with Crippen molar-refractivity contribution in [2.24, 2.45) is 11.7 Å². The van der Waals surface area contributed by atoms with Crippen LogP contribution in [0.1, 0.15) is 18.1 Å². The lowest BCUT2D eigenvalue weighted by atomic mass is 9.95. The highest BCUT2D eigenvalue weighted by atomic mass is 79.9. The van der Waals surface area contributed by atoms with Gasteiger partial charge in [-0.05, 0) is 31.2 Å². The number of hydrogen-bond acceptors (Lipinski definition) is 2. The smallest absolute Gasteiger partial charge is 0.0880 e. The summed E-state index contributed by atoms with van der Waals surface area (Å²) in [5, 5.41) is 0.753. The van der Waals surface area contributed by atoms with Crippen molar-refractivity contribution in [2.75, 3.05) is 13.2 Å². The Kier molecular flexibility index (Phi) is 3.67. The quantitative estimate of drug-likeness (QED) is 0.908. The zero-order valence-corrected chi connectivity index (χ0v) is 10.6. The molecule has 4 heteroatoms. The molecule has 1 aliphatic rings. The Morgan fingerprint density at radius 3 is 3.07 bits per heavy atom.